The second-order valence-electron chi connectivity index (χ2n) is 6.15. The van der Waals surface area contributed by atoms with Gasteiger partial charge in [0.05, 0.1) is 0 Å². The van der Waals surface area contributed by atoms with E-state index in [0.717, 1.165) is 12.0 Å². The van der Waals surface area contributed by atoms with Crippen LogP contribution in [0.5, 0.6) is 0 Å². The third-order valence-electron chi connectivity index (χ3n) is 4.92. The first kappa shape index (κ1) is 11.9. The summed E-state index contributed by atoms with van der Waals surface area (Å²) in [4.78, 5) is 5.41. The lowest BCUT2D eigenvalue weighted by Gasteiger charge is -2.44. The molecule has 0 aromatic heterocycles. The van der Waals surface area contributed by atoms with Crippen molar-refractivity contribution in [2.75, 3.05) is 45.8 Å². The molecule has 2 saturated heterocycles. The summed E-state index contributed by atoms with van der Waals surface area (Å²) < 4.78 is 0. The fourth-order valence-corrected chi connectivity index (χ4v) is 3.58. The molecule has 2 aliphatic heterocycles. The molecular formula is C14H27N3. The molecule has 3 fully saturated rings. The van der Waals surface area contributed by atoms with Crippen LogP contribution in [-0.2, 0) is 0 Å². The Hall–Kier alpha value is -0.120. The fourth-order valence-electron chi connectivity index (χ4n) is 3.58. The van der Waals surface area contributed by atoms with Gasteiger partial charge in [0, 0.05) is 51.9 Å². The van der Waals surface area contributed by atoms with Crippen molar-refractivity contribution in [1.82, 2.24) is 15.1 Å². The van der Waals surface area contributed by atoms with E-state index in [0.29, 0.717) is 0 Å². The minimum absolute atomic E-state index is 0.854. The van der Waals surface area contributed by atoms with E-state index >= 15 is 0 Å². The average molecular weight is 237 g/mol. The molecule has 3 aliphatic rings. The number of hydrogen-bond donors (Lipinski definition) is 1. The number of piperazine rings is 1. The molecule has 1 aliphatic carbocycles. The van der Waals surface area contributed by atoms with Gasteiger partial charge in [0.25, 0.3) is 0 Å². The molecule has 17 heavy (non-hydrogen) atoms. The molecule has 3 heteroatoms. The molecule has 1 saturated carbocycles. The molecule has 0 aromatic carbocycles. The van der Waals surface area contributed by atoms with E-state index in [1.165, 1.54) is 77.9 Å². The standard InChI is InChI=1S/C14H27N3/c1-2-4-13(5-3-1)12-16-6-8-17(9-7-16)14-10-15-11-14/h13-15H,1-12H2. The zero-order valence-electron chi connectivity index (χ0n) is 11.0. The van der Waals surface area contributed by atoms with Crippen molar-refractivity contribution in [2.45, 2.75) is 38.1 Å². The topological polar surface area (TPSA) is 18.5 Å². The van der Waals surface area contributed by atoms with Gasteiger partial charge < -0.3 is 10.2 Å². The zero-order valence-corrected chi connectivity index (χ0v) is 11.0. The maximum Gasteiger partial charge on any atom is 0.0346 e. The third-order valence-corrected chi connectivity index (χ3v) is 4.92. The molecule has 0 radical (unpaired) electrons. The van der Waals surface area contributed by atoms with E-state index in [4.69, 9.17) is 0 Å². The fraction of sp³-hybridized carbons (Fsp3) is 1.00. The van der Waals surface area contributed by atoms with Gasteiger partial charge in [0.1, 0.15) is 0 Å². The second kappa shape index (κ2) is 5.68. The smallest absolute Gasteiger partial charge is 0.0346 e. The first-order chi connectivity index (χ1) is 8.42. The van der Waals surface area contributed by atoms with Crippen LogP contribution < -0.4 is 5.32 Å². The van der Waals surface area contributed by atoms with Gasteiger partial charge in [0.15, 0.2) is 0 Å². The molecule has 0 aromatic rings. The Morgan fingerprint density at radius 3 is 2.18 bits per heavy atom. The van der Waals surface area contributed by atoms with Crippen LogP contribution in [0, 0.1) is 5.92 Å². The zero-order chi connectivity index (χ0) is 11.5. The van der Waals surface area contributed by atoms with Crippen molar-refractivity contribution < 1.29 is 0 Å². The molecule has 0 unspecified atom stereocenters. The number of rotatable bonds is 3. The summed E-state index contributed by atoms with van der Waals surface area (Å²) in [7, 11) is 0. The summed E-state index contributed by atoms with van der Waals surface area (Å²) in [6.07, 6.45) is 7.44. The van der Waals surface area contributed by atoms with Crippen LogP contribution in [0.1, 0.15) is 32.1 Å². The molecule has 0 spiro atoms. The van der Waals surface area contributed by atoms with Gasteiger partial charge in [-0.15, -0.1) is 0 Å². The SMILES string of the molecule is C1CCC(CN2CCN(C3CNC3)CC2)CC1. The maximum absolute atomic E-state index is 3.38. The van der Waals surface area contributed by atoms with Crippen LogP contribution in [0.3, 0.4) is 0 Å². The molecule has 1 N–H and O–H groups in total. The first-order valence-electron chi connectivity index (χ1n) is 7.59. The summed E-state index contributed by atoms with van der Waals surface area (Å²) in [5, 5.41) is 3.38. The largest absolute Gasteiger partial charge is 0.314 e. The van der Waals surface area contributed by atoms with E-state index in [2.05, 4.69) is 15.1 Å². The van der Waals surface area contributed by atoms with Crippen molar-refractivity contribution >= 4 is 0 Å². The van der Waals surface area contributed by atoms with Gasteiger partial charge in [-0.2, -0.15) is 0 Å². The van der Waals surface area contributed by atoms with E-state index in [9.17, 15) is 0 Å². The molecule has 3 nitrogen and oxygen atoms in total. The molecule has 0 amide bonds. The minimum atomic E-state index is 0.854. The van der Waals surface area contributed by atoms with E-state index in [-0.39, 0.29) is 0 Å². The van der Waals surface area contributed by atoms with E-state index in [1.807, 2.05) is 0 Å². The summed E-state index contributed by atoms with van der Waals surface area (Å²) in [5.74, 6) is 1.01. The molecule has 3 rings (SSSR count). The van der Waals surface area contributed by atoms with Gasteiger partial charge in [-0.05, 0) is 18.8 Å². The molecule has 0 bridgehead atoms. The van der Waals surface area contributed by atoms with Crippen LogP contribution >= 0.6 is 0 Å². The van der Waals surface area contributed by atoms with Crippen molar-refractivity contribution in [3.05, 3.63) is 0 Å². The molecular weight excluding hydrogens is 210 g/mol. The number of hydrogen-bond acceptors (Lipinski definition) is 3. The predicted molar refractivity (Wildman–Crippen MR) is 71.2 cm³/mol. The van der Waals surface area contributed by atoms with E-state index < -0.39 is 0 Å². The lowest BCUT2D eigenvalue weighted by Crippen LogP contribution is -2.61. The highest BCUT2D eigenvalue weighted by atomic mass is 15.3. The van der Waals surface area contributed by atoms with Gasteiger partial charge in [-0.25, -0.2) is 0 Å². The number of nitrogens with one attached hydrogen (secondary N) is 1. The Kier molecular flexibility index (Phi) is 3.99. The second-order valence-corrected chi connectivity index (χ2v) is 6.15. The van der Waals surface area contributed by atoms with Gasteiger partial charge >= 0.3 is 0 Å². The lowest BCUT2D eigenvalue weighted by molar-refractivity contribution is 0.0619. The van der Waals surface area contributed by atoms with Crippen molar-refractivity contribution in [1.29, 1.82) is 0 Å². The highest BCUT2D eigenvalue weighted by Crippen LogP contribution is 2.24. The third kappa shape index (κ3) is 3.01. The van der Waals surface area contributed by atoms with Crippen LogP contribution in [0.25, 0.3) is 0 Å². The quantitative estimate of drug-likeness (QED) is 0.794. The highest BCUT2D eigenvalue weighted by Gasteiger charge is 2.28. The van der Waals surface area contributed by atoms with Crippen LogP contribution in [0.4, 0.5) is 0 Å². The van der Waals surface area contributed by atoms with Crippen molar-refractivity contribution in [3.63, 3.8) is 0 Å². The Balaban J connectivity index is 1.38. The summed E-state index contributed by atoms with van der Waals surface area (Å²) in [6, 6.07) is 0.854. The van der Waals surface area contributed by atoms with Crippen molar-refractivity contribution in [2.24, 2.45) is 5.92 Å². The van der Waals surface area contributed by atoms with Crippen LogP contribution in [0.2, 0.25) is 0 Å². The molecule has 0 atom stereocenters. The van der Waals surface area contributed by atoms with Gasteiger partial charge in [-0.3, -0.25) is 4.90 Å². The van der Waals surface area contributed by atoms with Crippen LogP contribution in [0.15, 0.2) is 0 Å². The monoisotopic (exact) mass is 237 g/mol. The van der Waals surface area contributed by atoms with E-state index in [1.54, 1.807) is 0 Å². The summed E-state index contributed by atoms with van der Waals surface area (Å²) >= 11 is 0. The highest BCUT2D eigenvalue weighted by molar-refractivity contribution is 4.87. The normalized spacial score (nSPS) is 30.4. The van der Waals surface area contributed by atoms with Gasteiger partial charge in [0.2, 0.25) is 0 Å². The lowest BCUT2D eigenvalue weighted by atomic mass is 9.89. The maximum atomic E-state index is 3.38. The van der Waals surface area contributed by atoms with Crippen LogP contribution in [-0.4, -0.2) is 61.7 Å². The first-order valence-corrected chi connectivity index (χ1v) is 7.59. The van der Waals surface area contributed by atoms with Gasteiger partial charge in [-0.1, -0.05) is 19.3 Å². The minimum Gasteiger partial charge on any atom is -0.314 e. The van der Waals surface area contributed by atoms with Crippen molar-refractivity contribution in [3.8, 4) is 0 Å². The molecule has 2 heterocycles. The number of nitrogens with zero attached hydrogens (tertiary/aromatic N) is 2. The Bertz CT molecular complexity index is 226. The molecule has 98 valence electrons. The summed E-state index contributed by atoms with van der Waals surface area (Å²) in [6.45, 7) is 9.07. The Labute approximate surface area is 106 Å². The average Bonchev–Trinajstić information content (AvgIpc) is 2.31. The predicted octanol–water partition coefficient (Wildman–Crippen LogP) is 1.16. The Morgan fingerprint density at radius 2 is 1.59 bits per heavy atom. The summed E-state index contributed by atoms with van der Waals surface area (Å²) in [5.41, 5.74) is 0. The Morgan fingerprint density at radius 1 is 0.882 bits per heavy atom.